The van der Waals surface area contributed by atoms with Gasteiger partial charge in [0.05, 0.1) is 17.7 Å². The molecule has 0 aliphatic carbocycles. The van der Waals surface area contributed by atoms with Gasteiger partial charge in [-0.15, -0.1) is 11.3 Å². The van der Waals surface area contributed by atoms with E-state index >= 15 is 0 Å². The van der Waals surface area contributed by atoms with Crippen LogP contribution in [0, 0.1) is 13.8 Å². The average Bonchev–Trinajstić information content (AvgIpc) is 3.07. The largest absolute Gasteiger partial charge is 0.494 e. The fraction of sp³-hybridized carbons (Fsp3) is 0.458. The molecule has 3 heterocycles. The van der Waals surface area contributed by atoms with Gasteiger partial charge in [-0.3, -0.25) is 14.2 Å². The zero-order valence-corrected chi connectivity index (χ0v) is 19.8. The smallest absolute Gasteiger partial charge is 0.337 e. The number of amides is 1. The van der Waals surface area contributed by atoms with Crippen LogP contribution in [0.25, 0.3) is 15.9 Å². The standard InChI is InChI=1S/C24H29N3O4S/c1-5-31-19-11-9-18(10-12-19)27-22(29)21-16(3)17(4)32-23(21)26(24(27)30)14-20(28)25-13-7-6-8-15(25)2/h9-12,15H,5-8,13-14H2,1-4H3. The fourth-order valence-corrected chi connectivity index (χ4v) is 5.52. The number of carbonyl (C=O) groups excluding carboxylic acids is 1. The molecule has 3 aromatic rings. The molecule has 0 radical (unpaired) electrons. The average molecular weight is 456 g/mol. The summed E-state index contributed by atoms with van der Waals surface area (Å²) < 4.78 is 8.13. The molecular weight excluding hydrogens is 426 g/mol. The van der Waals surface area contributed by atoms with Crippen LogP contribution < -0.4 is 16.0 Å². The van der Waals surface area contributed by atoms with Crippen molar-refractivity contribution >= 4 is 27.5 Å². The molecule has 4 rings (SSSR count). The van der Waals surface area contributed by atoms with E-state index in [-0.39, 0.29) is 24.1 Å². The van der Waals surface area contributed by atoms with Crippen molar-refractivity contribution < 1.29 is 9.53 Å². The second-order valence-corrected chi connectivity index (χ2v) is 9.53. The Labute approximate surface area is 190 Å². The molecule has 1 amide bonds. The van der Waals surface area contributed by atoms with Crippen LogP contribution in [0.2, 0.25) is 0 Å². The molecule has 1 saturated heterocycles. The molecule has 0 spiro atoms. The van der Waals surface area contributed by atoms with Gasteiger partial charge >= 0.3 is 5.69 Å². The lowest BCUT2D eigenvalue weighted by atomic mass is 10.0. The fourth-order valence-electron chi connectivity index (χ4n) is 4.38. The monoisotopic (exact) mass is 455 g/mol. The number of hydrogen-bond donors (Lipinski definition) is 0. The van der Waals surface area contributed by atoms with Gasteiger partial charge < -0.3 is 9.64 Å². The summed E-state index contributed by atoms with van der Waals surface area (Å²) in [5.74, 6) is 0.587. The van der Waals surface area contributed by atoms with E-state index in [1.807, 2.05) is 25.7 Å². The zero-order chi connectivity index (χ0) is 23.0. The molecule has 170 valence electrons. The molecule has 1 aliphatic heterocycles. The summed E-state index contributed by atoms with van der Waals surface area (Å²) in [4.78, 5) is 43.6. The number of nitrogens with zero attached hydrogens (tertiary/aromatic N) is 3. The maximum Gasteiger partial charge on any atom is 0.337 e. The Hall–Kier alpha value is -2.87. The summed E-state index contributed by atoms with van der Waals surface area (Å²) in [6.45, 7) is 8.94. The Morgan fingerprint density at radius 1 is 1.16 bits per heavy atom. The van der Waals surface area contributed by atoms with Gasteiger partial charge in [0.2, 0.25) is 5.91 Å². The number of carbonyl (C=O) groups is 1. The lowest BCUT2D eigenvalue weighted by Crippen LogP contribution is -2.46. The van der Waals surface area contributed by atoms with Crippen LogP contribution >= 0.6 is 11.3 Å². The van der Waals surface area contributed by atoms with Gasteiger partial charge in [-0.1, -0.05) is 0 Å². The normalized spacial score (nSPS) is 16.5. The third kappa shape index (κ3) is 3.88. The number of likely N-dealkylation sites (tertiary alicyclic amines) is 1. The van der Waals surface area contributed by atoms with E-state index in [0.717, 1.165) is 29.7 Å². The molecule has 1 aliphatic rings. The van der Waals surface area contributed by atoms with Crippen LogP contribution in [0.3, 0.4) is 0 Å². The summed E-state index contributed by atoms with van der Waals surface area (Å²) in [5, 5.41) is 0.500. The predicted molar refractivity (Wildman–Crippen MR) is 127 cm³/mol. The van der Waals surface area contributed by atoms with Gasteiger partial charge in [0.1, 0.15) is 17.1 Å². The van der Waals surface area contributed by atoms with E-state index in [1.54, 1.807) is 24.3 Å². The highest BCUT2D eigenvalue weighted by Gasteiger charge is 2.26. The Morgan fingerprint density at radius 2 is 1.88 bits per heavy atom. The summed E-state index contributed by atoms with van der Waals surface area (Å²) in [6.07, 6.45) is 3.06. The van der Waals surface area contributed by atoms with Crippen molar-refractivity contribution in [3.05, 3.63) is 55.5 Å². The van der Waals surface area contributed by atoms with Crippen LogP contribution in [0.5, 0.6) is 5.75 Å². The second kappa shape index (κ2) is 8.94. The number of piperidine rings is 1. The van der Waals surface area contributed by atoms with Crippen LogP contribution in [-0.2, 0) is 11.3 Å². The molecule has 8 heteroatoms. The van der Waals surface area contributed by atoms with Crippen molar-refractivity contribution in [2.24, 2.45) is 0 Å². The van der Waals surface area contributed by atoms with Crippen LogP contribution in [0.4, 0.5) is 0 Å². The van der Waals surface area contributed by atoms with Crippen molar-refractivity contribution in [3.8, 4) is 11.4 Å². The number of thiophene rings is 1. The third-order valence-electron chi connectivity index (χ3n) is 6.27. The molecule has 32 heavy (non-hydrogen) atoms. The Bertz CT molecular complexity index is 1270. The SMILES string of the molecule is CCOc1ccc(-n2c(=O)c3c(C)c(C)sc3n(CC(=O)N3CCCCC3C)c2=O)cc1. The summed E-state index contributed by atoms with van der Waals surface area (Å²) in [5.41, 5.74) is 0.459. The van der Waals surface area contributed by atoms with Gasteiger partial charge in [-0.05, 0) is 76.8 Å². The summed E-state index contributed by atoms with van der Waals surface area (Å²) in [7, 11) is 0. The van der Waals surface area contributed by atoms with E-state index < -0.39 is 5.69 Å². The second-order valence-electron chi connectivity index (χ2n) is 8.33. The van der Waals surface area contributed by atoms with Crippen molar-refractivity contribution in [1.82, 2.24) is 14.0 Å². The first-order valence-electron chi connectivity index (χ1n) is 11.1. The molecule has 0 saturated carbocycles. The Balaban J connectivity index is 1.87. The maximum absolute atomic E-state index is 13.6. The zero-order valence-electron chi connectivity index (χ0n) is 19.0. The number of hydrogen-bond acceptors (Lipinski definition) is 5. The maximum atomic E-state index is 13.6. The molecule has 1 aromatic carbocycles. The minimum atomic E-state index is -0.495. The first-order chi connectivity index (χ1) is 15.3. The molecule has 1 fully saturated rings. The van der Waals surface area contributed by atoms with Gasteiger partial charge in [-0.2, -0.15) is 0 Å². The van der Waals surface area contributed by atoms with Crippen molar-refractivity contribution in [1.29, 1.82) is 0 Å². The highest BCUT2D eigenvalue weighted by molar-refractivity contribution is 7.18. The Morgan fingerprint density at radius 3 is 2.53 bits per heavy atom. The van der Waals surface area contributed by atoms with Crippen LogP contribution in [0.15, 0.2) is 33.9 Å². The highest BCUT2D eigenvalue weighted by atomic mass is 32.1. The first kappa shape index (κ1) is 22.3. The van der Waals surface area contributed by atoms with E-state index in [1.165, 1.54) is 20.5 Å². The molecule has 7 nitrogen and oxygen atoms in total. The topological polar surface area (TPSA) is 73.5 Å². The molecule has 1 unspecified atom stereocenters. The lowest BCUT2D eigenvalue weighted by molar-refractivity contribution is -0.135. The van der Waals surface area contributed by atoms with Crippen molar-refractivity contribution in [2.75, 3.05) is 13.2 Å². The first-order valence-corrected chi connectivity index (χ1v) is 11.9. The number of aromatic nitrogens is 2. The van der Waals surface area contributed by atoms with Gasteiger partial charge in [-0.25, -0.2) is 9.36 Å². The number of rotatable bonds is 5. The van der Waals surface area contributed by atoms with E-state index in [9.17, 15) is 14.4 Å². The van der Waals surface area contributed by atoms with E-state index in [2.05, 4.69) is 6.92 Å². The van der Waals surface area contributed by atoms with Crippen LogP contribution in [0.1, 0.15) is 43.6 Å². The number of fused-ring (bicyclic) bond motifs is 1. The molecule has 1 atom stereocenters. The third-order valence-corrected chi connectivity index (χ3v) is 7.50. The highest BCUT2D eigenvalue weighted by Crippen LogP contribution is 2.27. The number of benzene rings is 1. The van der Waals surface area contributed by atoms with E-state index in [0.29, 0.717) is 34.8 Å². The molecule has 0 N–H and O–H groups in total. The minimum Gasteiger partial charge on any atom is -0.494 e. The van der Waals surface area contributed by atoms with Crippen molar-refractivity contribution in [3.63, 3.8) is 0 Å². The van der Waals surface area contributed by atoms with Gasteiger partial charge in [0.15, 0.2) is 0 Å². The quantitative estimate of drug-likeness (QED) is 0.589. The lowest BCUT2D eigenvalue weighted by Gasteiger charge is -2.33. The molecule has 0 bridgehead atoms. The minimum absolute atomic E-state index is 0.0730. The van der Waals surface area contributed by atoms with E-state index in [4.69, 9.17) is 4.74 Å². The summed E-state index contributed by atoms with van der Waals surface area (Å²) in [6, 6.07) is 7.04. The molecule has 2 aromatic heterocycles. The number of ether oxygens (including phenoxy) is 1. The molecular formula is C24H29N3O4S. The predicted octanol–water partition coefficient (Wildman–Crippen LogP) is 3.63. The van der Waals surface area contributed by atoms with Crippen LogP contribution in [-0.4, -0.2) is 39.1 Å². The van der Waals surface area contributed by atoms with Crippen molar-refractivity contribution in [2.45, 2.75) is 59.5 Å². The summed E-state index contributed by atoms with van der Waals surface area (Å²) >= 11 is 1.39. The Kier molecular flexibility index (Phi) is 6.24. The number of aryl methyl sites for hydroxylation is 2. The van der Waals surface area contributed by atoms with Gasteiger partial charge in [0, 0.05) is 17.5 Å². The van der Waals surface area contributed by atoms with Gasteiger partial charge in [0.25, 0.3) is 5.56 Å².